The maximum atomic E-state index is 12.9. The molecule has 2 atom stereocenters. The summed E-state index contributed by atoms with van der Waals surface area (Å²) in [5, 5.41) is 2.87. The first kappa shape index (κ1) is 17.7. The molecular weight excluding hydrogens is 296 g/mol. The predicted molar refractivity (Wildman–Crippen MR) is 86.4 cm³/mol. The number of hydrogen-bond acceptors (Lipinski definition) is 4. The molecular formula is C16H28N4O3. The molecule has 2 aliphatic rings. The fourth-order valence-corrected chi connectivity index (χ4v) is 3.55. The summed E-state index contributed by atoms with van der Waals surface area (Å²) in [7, 11) is 0. The molecule has 7 heteroatoms. The minimum absolute atomic E-state index is 0.0207. The van der Waals surface area contributed by atoms with Crippen LogP contribution in [0, 0.1) is 0 Å². The van der Waals surface area contributed by atoms with E-state index in [4.69, 9.17) is 5.73 Å². The van der Waals surface area contributed by atoms with Crippen LogP contribution in [0.15, 0.2) is 0 Å². The average Bonchev–Trinajstić information content (AvgIpc) is 3.02. The van der Waals surface area contributed by atoms with Gasteiger partial charge in [-0.2, -0.15) is 0 Å². The van der Waals surface area contributed by atoms with E-state index >= 15 is 0 Å². The molecule has 0 radical (unpaired) electrons. The van der Waals surface area contributed by atoms with Crippen molar-refractivity contribution in [2.24, 2.45) is 5.73 Å². The number of rotatable bonds is 5. The molecule has 0 aliphatic carbocycles. The van der Waals surface area contributed by atoms with Gasteiger partial charge in [0.1, 0.15) is 6.04 Å². The van der Waals surface area contributed by atoms with Crippen LogP contribution < -0.4 is 11.1 Å². The lowest BCUT2D eigenvalue weighted by atomic mass is 10.00. The Morgan fingerprint density at radius 3 is 2.52 bits per heavy atom. The molecule has 2 aliphatic heterocycles. The molecule has 0 bridgehead atoms. The number of hydrogen-bond donors (Lipinski definition) is 2. The Labute approximate surface area is 137 Å². The number of carbonyl (C=O) groups is 3. The quantitative estimate of drug-likeness (QED) is 0.735. The molecule has 2 fully saturated rings. The van der Waals surface area contributed by atoms with Crippen LogP contribution in [-0.2, 0) is 14.4 Å². The Kier molecular flexibility index (Phi) is 6.38. The second-order valence-corrected chi connectivity index (χ2v) is 6.39. The average molecular weight is 324 g/mol. The molecule has 3 amide bonds. The van der Waals surface area contributed by atoms with Crippen LogP contribution in [0.25, 0.3) is 0 Å². The maximum absolute atomic E-state index is 12.9. The van der Waals surface area contributed by atoms with Gasteiger partial charge in [0.15, 0.2) is 0 Å². The van der Waals surface area contributed by atoms with Crippen molar-refractivity contribution in [1.29, 1.82) is 0 Å². The van der Waals surface area contributed by atoms with E-state index in [2.05, 4.69) is 5.32 Å². The summed E-state index contributed by atoms with van der Waals surface area (Å²) in [5.74, 6) is -0.0715. The Morgan fingerprint density at radius 2 is 1.83 bits per heavy atom. The Hall–Kier alpha value is -1.63. The van der Waals surface area contributed by atoms with Gasteiger partial charge in [-0.25, -0.2) is 0 Å². The van der Waals surface area contributed by atoms with Crippen LogP contribution in [0.2, 0.25) is 0 Å². The molecule has 2 unspecified atom stereocenters. The van der Waals surface area contributed by atoms with Crippen LogP contribution in [0.4, 0.5) is 0 Å². The van der Waals surface area contributed by atoms with Crippen molar-refractivity contribution in [1.82, 2.24) is 15.1 Å². The first-order valence-electron chi connectivity index (χ1n) is 8.59. The highest BCUT2D eigenvalue weighted by Gasteiger charge is 2.38. The Bertz CT molecular complexity index is 455. The summed E-state index contributed by atoms with van der Waals surface area (Å²) in [5.41, 5.74) is 5.38. The van der Waals surface area contributed by atoms with Crippen molar-refractivity contribution < 1.29 is 14.4 Å². The van der Waals surface area contributed by atoms with E-state index in [0.717, 1.165) is 32.1 Å². The van der Waals surface area contributed by atoms with Crippen molar-refractivity contribution in [3.8, 4) is 0 Å². The third-order valence-electron chi connectivity index (χ3n) is 4.76. The van der Waals surface area contributed by atoms with Crippen LogP contribution >= 0.6 is 0 Å². The summed E-state index contributed by atoms with van der Waals surface area (Å²) in [6, 6.07) is -0.305. The van der Waals surface area contributed by atoms with Crippen molar-refractivity contribution in [3.05, 3.63) is 0 Å². The van der Waals surface area contributed by atoms with E-state index < -0.39 is 0 Å². The van der Waals surface area contributed by atoms with Gasteiger partial charge in [0.2, 0.25) is 17.7 Å². The summed E-state index contributed by atoms with van der Waals surface area (Å²) >= 11 is 0. The van der Waals surface area contributed by atoms with Gasteiger partial charge < -0.3 is 20.9 Å². The topological polar surface area (TPSA) is 95.7 Å². The van der Waals surface area contributed by atoms with Gasteiger partial charge in [-0.3, -0.25) is 14.4 Å². The van der Waals surface area contributed by atoms with E-state index in [9.17, 15) is 14.4 Å². The van der Waals surface area contributed by atoms with Crippen LogP contribution in [0.1, 0.15) is 45.4 Å². The zero-order chi connectivity index (χ0) is 16.8. The molecule has 0 aromatic heterocycles. The Morgan fingerprint density at radius 1 is 1.09 bits per heavy atom. The Balaban J connectivity index is 1.98. The molecule has 130 valence electrons. The van der Waals surface area contributed by atoms with Crippen molar-refractivity contribution in [3.63, 3.8) is 0 Å². The van der Waals surface area contributed by atoms with E-state index in [0.29, 0.717) is 32.6 Å². The first-order chi connectivity index (χ1) is 11.0. The minimum Gasteiger partial charge on any atom is -0.354 e. The molecule has 0 spiro atoms. The van der Waals surface area contributed by atoms with E-state index in [-0.39, 0.29) is 29.8 Å². The number of nitrogens with zero attached hydrogens (tertiary/aromatic N) is 2. The van der Waals surface area contributed by atoms with Crippen LogP contribution in [-0.4, -0.2) is 65.8 Å². The van der Waals surface area contributed by atoms with Gasteiger partial charge in [-0.1, -0.05) is 0 Å². The molecule has 23 heavy (non-hydrogen) atoms. The normalized spacial score (nSPS) is 24.6. The fraction of sp³-hybridized carbons (Fsp3) is 0.812. The number of nitrogens with two attached hydrogens (primary N) is 1. The van der Waals surface area contributed by atoms with Gasteiger partial charge in [0, 0.05) is 45.6 Å². The number of likely N-dealkylation sites (tertiary alicyclic amines) is 2. The van der Waals surface area contributed by atoms with E-state index in [1.165, 1.54) is 6.92 Å². The zero-order valence-electron chi connectivity index (χ0n) is 13.9. The number of piperidine rings is 1. The molecule has 2 saturated heterocycles. The maximum Gasteiger partial charge on any atom is 0.245 e. The number of amides is 3. The summed E-state index contributed by atoms with van der Waals surface area (Å²) in [6.45, 7) is 3.69. The van der Waals surface area contributed by atoms with Crippen molar-refractivity contribution in [2.45, 2.75) is 57.5 Å². The van der Waals surface area contributed by atoms with Crippen molar-refractivity contribution in [2.75, 3.05) is 26.2 Å². The first-order valence-corrected chi connectivity index (χ1v) is 8.59. The smallest absolute Gasteiger partial charge is 0.245 e. The SMILES string of the molecule is CC(=O)N1CCCC1C(=O)N1CCCCC1CNC(=O)CCN. The van der Waals surface area contributed by atoms with E-state index in [1.807, 2.05) is 4.90 Å². The molecule has 2 heterocycles. The zero-order valence-corrected chi connectivity index (χ0v) is 13.9. The molecule has 0 saturated carbocycles. The van der Waals surface area contributed by atoms with Gasteiger partial charge in [-0.15, -0.1) is 0 Å². The predicted octanol–water partition coefficient (Wildman–Crippen LogP) is -0.157. The molecule has 0 aromatic carbocycles. The number of carbonyl (C=O) groups excluding carboxylic acids is 3. The minimum atomic E-state index is -0.326. The monoisotopic (exact) mass is 324 g/mol. The molecule has 7 nitrogen and oxygen atoms in total. The standard InChI is InChI=1S/C16H28N4O3/c1-12(21)19-10-4-6-14(19)16(23)20-9-3-2-5-13(20)11-18-15(22)7-8-17/h13-14H,2-11,17H2,1H3,(H,18,22). The second-order valence-electron chi connectivity index (χ2n) is 6.39. The molecule has 2 rings (SSSR count). The van der Waals surface area contributed by atoms with Gasteiger partial charge >= 0.3 is 0 Å². The highest BCUT2D eigenvalue weighted by atomic mass is 16.2. The summed E-state index contributed by atoms with van der Waals surface area (Å²) < 4.78 is 0. The highest BCUT2D eigenvalue weighted by molar-refractivity contribution is 5.87. The van der Waals surface area contributed by atoms with Crippen LogP contribution in [0.3, 0.4) is 0 Å². The fourth-order valence-electron chi connectivity index (χ4n) is 3.55. The van der Waals surface area contributed by atoms with Crippen LogP contribution in [0.5, 0.6) is 0 Å². The third kappa shape index (κ3) is 4.43. The van der Waals surface area contributed by atoms with Crippen molar-refractivity contribution >= 4 is 17.7 Å². The van der Waals surface area contributed by atoms with Gasteiger partial charge in [-0.05, 0) is 32.1 Å². The number of nitrogens with one attached hydrogen (secondary N) is 1. The largest absolute Gasteiger partial charge is 0.354 e. The summed E-state index contributed by atoms with van der Waals surface area (Å²) in [4.78, 5) is 39.8. The highest BCUT2D eigenvalue weighted by Crippen LogP contribution is 2.24. The van der Waals surface area contributed by atoms with E-state index in [1.54, 1.807) is 4.90 Å². The second kappa shape index (κ2) is 8.29. The summed E-state index contributed by atoms with van der Waals surface area (Å²) in [6.07, 6.45) is 4.85. The third-order valence-corrected chi connectivity index (χ3v) is 4.76. The molecule has 3 N–H and O–H groups in total. The molecule has 0 aromatic rings. The lowest BCUT2D eigenvalue weighted by molar-refractivity contribution is -0.145. The van der Waals surface area contributed by atoms with Gasteiger partial charge in [0.05, 0.1) is 0 Å². The van der Waals surface area contributed by atoms with Gasteiger partial charge in [0.25, 0.3) is 0 Å². The lowest BCUT2D eigenvalue weighted by Crippen LogP contribution is -2.55. The lowest BCUT2D eigenvalue weighted by Gasteiger charge is -2.38.